The lowest BCUT2D eigenvalue weighted by atomic mass is 10.2. The molecule has 0 atom stereocenters. The standard InChI is InChI=1S/C13H10Br2N4O/c14-10-3-1-9(2-4-10)5-6-16-13(20)19-12-17-7-11(15)8-18-12/h1-8H,(H2,16,17,18,19,20)/b6-5+. The van der Waals surface area contributed by atoms with Crippen LogP contribution in [0.4, 0.5) is 10.7 Å². The fourth-order valence-corrected chi connectivity index (χ4v) is 1.77. The summed E-state index contributed by atoms with van der Waals surface area (Å²) in [6.45, 7) is 0. The van der Waals surface area contributed by atoms with Crippen LogP contribution in [-0.4, -0.2) is 16.0 Å². The summed E-state index contributed by atoms with van der Waals surface area (Å²) in [5, 5.41) is 5.09. The van der Waals surface area contributed by atoms with E-state index in [0.717, 1.165) is 14.5 Å². The van der Waals surface area contributed by atoms with Crippen molar-refractivity contribution in [3.8, 4) is 0 Å². The first-order valence-corrected chi connectivity index (χ1v) is 7.19. The van der Waals surface area contributed by atoms with E-state index in [1.54, 1.807) is 24.7 Å². The highest BCUT2D eigenvalue weighted by Gasteiger charge is 2.01. The van der Waals surface area contributed by atoms with Crippen molar-refractivity contribution in [2.45, 2.75) is 0 Å². The van der Waals surface area contributed by atoms with Gasteiger partial charge < -0.3 is 5.32 Å². The summed E-state index contributed by atoms with van der Waals surface area (Å²) in [5.41, 5.74) is 0.980. The zero-order chi connectivity index (χ0) is 14.4. The number of hydrogen-bond acceptors (Lipinski definition) is 3. The molecule has 0 spiro atoms. The van der Waals surface area contributed by atoms with Gasteiger partial charge in [0, 0.05) is 23.1 Å². The van der Waals surface area contributed by atoms with Crippen LogP contribution in [0.25, 0.3) is 6.08 Å². The van der Waals surface area contributed by atoms with E-state index in [9.17, 15) is 4.79 Å². The Morgan fingerprint density at radius 2 is 1.70 bits per heavy atom. The monoisotopic (exact) mass is 396 g/mol. The topological polar surface area (TPSA) is 66.9 Å². The number of nitrogens with zero attached hydrogens (tertiary/aromatic N) is 2. The predicted octanol–water partition coefficient (Wildman–Crippen LogP) is 3.79. The molecule has 2 aromatic rings. The molecule has 102 valence electrons. The van der Waals surface area contributed by atoms with Crippen LogP contribution in [0.3, 0.4) is 0 Å². The van der Waals surface area contributed by atoms with Gasteiger partial charge in [0.15, 0.2) is 0 Å². The Kier molecular flexibility index (Phi) is 5.25. The molecule has 0 fully saturated rings. The van der Waals surface area contributed by atoms with Crippen LogP contribution >= 0.6 is 31.9 Å². The molecule has 0 bridgehead atoms. The molecule has 0 aliphatic heterocycles. The van der Waals surface area contributed by atoms with Crippen molar-refractivity contribution in [2.24, 2.45) is 0 Å². The molecule has 1 aromatic carbocycles. The molecule has 2 amide bonds. The first kappa shape index (κ1) is 14.7. The van der Waals surface area contributed by atoms with Crippen LogP contribution in [0.15, 0.2) is 51.8 Å². The number of carbonyl (C=O) groups excluding carboxylic acids is 1. The molecule has 0 aliphatic rings. The fourth-order valence-electron chi connectivity index (χ4n) is 1.30. The van der Waals surface area contributed by atoms with Gasteiger partial charge >= 0.3 is 6.03 Å². The maximum atomic E-state index is 11.6. The zero-order valence-corrected chi connectivity index (χ0v) is 13.3. The number of hydrogen-bond donors (Lipinski definition) is 2. The van der Waals surface area contributed by atoms with E-state index in [2.05, 4.69) is 52.5 Å². The number of urea groups is 1. The average molecular weight is 398 g/mol. The number of halogens is 2. The molecule has 0 aliphatic carbocycles. The number of carbonyl (C=O) groups is 1. The Morgan fingerprint density at radius 3 is 2.35 bits per heavy atom. The van der Waals surface area contributed by atoms with E-state index in [0.29, 0.717) is 0 Å². The van der Waals surface area contributed by atoms with Crippen LogP contribution in [0.5, 0.6) is 0 Å². The van der Waals surface area contributed by atoms with E-state index in [1.807, 2.05) is 24.3 Å². The highest BCUT2D eigenvalue weighted by atomic mass is 79.9. The van der Waals surface area contributed by atoms with Gasteiger partial charge in [-0.25, -0.2) is 14.8 Å². The van der Waals surface area contributed by atoms with Crippen molar-refractivity contribution in [2.75, 3.05) is 5.32 Å². The molecular formula is C13H10Br2N4O. The third kappa shape index (κ3) is 4.75. The Bertz CT molecular complexity index is 611. The van der Waals surface area contributed by atoms with Crippen molar-refractivity contribution < 1.29 is 4.79 Å². The molecular weight excluding hydrogens is 388 g/mol. The quantitative estimate of drug-likeness (QED) is 0.827. The predicted molar refractivity (Wildman–Crippen MR) is 85.1 cm³/mol. The van der Waals surface area contributed by atoms with Gasteiger partial charge in [0.05, 0.1) is 4.47 Å². The van der Waals surface area contributed by atoms with Crippen molar-refractivity contribution in [1.29, 1.82) is 0 Å². The second-order valence-electron chi connectivity index (χ2n) is 3.71. The van der Waals surface area contributed by atoms with Gasteiger partial charge in [0.25, 0.3) is 0 Å². The summed E-state index contributed by atoms with van der Waals surface area (Å²) < 4.78 is 1.76. The molecule has 0 unspecified atom stereocenters. The molecule has 0 saturated carbocycles. The summed E-state index contributed by atoms with van der Waals surface area (Å²) in [6, 6.07) is 7.31. The second kappa shape index (κ2) is 7.16. The molecule has 5 nitrogen and oxygen atoms in total. The Balaban J connectivity index is 1.85. The number of aromatic nitrogens is 2. The minimum Gasteiger partial charge on any atom is -0.314 e. The first-order valence-electron chi connectivity index (χ1n) is 5.61. The van der Waals surface area contributed by atoms with E-state index < -0.39 is 6.03 Å². The smallest absolute Gasteiger partial charge is 0.314 e. The molecule has 0 radical (unpaired) electrons. The van der Waals surface area contributed by atoms with Crippen LogP contribution in [0.2, 0.25) is 0 Å². The minimum atomic E-state index is -0.402. The molecule has 2 N–H and O–H groups in total. The van der Waals surface area contributed by atoms with Crippen LogP contribution in [0.1, 0.15) is 5.56 Å². The summed E-state index contributed by atoms with van der Waals surface area (Å²) in [4.78, 5) is 19.4. The second-order valence-corrected chi connectivity index (χ2v) is 5.54. The third-order valence-electron chi connectivity index (χ3n) is 2.21. The summed E-state index contributed by atoms with van der Waals surface area (Å²) in [7, 11) is 0. The highest BCUT2D eigenvalue weighted by Crippen LogP contribution is 2.11. The van der Waals surface area contributed by atoms with Crippen molar-refractivity contribution in [1.82, 2.24) is 15.3 Å². The van der Waals surface area contributed by atoms with Gasteiger partial charge in [0.1, 0.15) is 0 Å². The normalized spacial score (nSPS) is 10.5. The van der Waals surface area contributed by atoms with Crippen molar-refractivity contribution in [3.05, 3.63) is 57.4 Å². The SMILES string of the molecule is O=C(N/C=C/c1ccc(Br)cc1)Nc1ncc(Br)cn1. The Labute approximate surface area is 132 Å². The maximum Gasteiger partial charge on any atom is 0.325 e. The average Bonchev–Trinajstić information content (AvgIpc) is 2.44. The van der Waals surface area contributed by atoms with Crippen LogP contribution in [-0.2, 0) is 0 Å². The van der Waals surface area contributed by atoms with E-state index in [1.165, 1.54) is 0 Å². The molecule has 7 heteroatoms. The molecule has 0 saturated heterocycles. The maximum absolute atomic E-state index is 11.6. The number of benzene rings is 1. The van der Waals surface area contributed by atoms with E-state index in [4.69, 9.17) is 0 Å². The molecule has 20 heavy (non-hydrogen) atoms. The number of nitrogens with one attached hydrogen (secondary N) is 2. The Hall–Kier alpha value is -1.73. The van der Waals surface area contributed by atoms with Crippen LogP contribution in [0, 0.1) is 0 Å². The summed E-state index contributed by atoms with van der Waals surface area (Å²) >= 11 is 6.57. The van der Waals surface area contributed by atoms with E-state index in [-0.39, 0.29) is 5.95 Å². The highest BCUT2D eigenvalue weighted by molar-refractivity contribution is 9.10. The number of amides is 2. The Morgan fingerprint density at radius 1 is 1.05 bits per heavy atom. The zero-order valence-electron chi connectivity index (χ0n) is 10.2. The van der Waals surface area contributed by atoms with Gasteiger partial charge in [-0.05, 0) is 39.7 Å². The fraction of sp³-hybridized carbons (Fsp3) is 0. The molecule has 1 heterocycles. The minimum absolute atomic E-state index is 0.239. The molecule has 2 rings (SSSR count). The lowest BCUT2D eigenvalue weighted by Gasteiger charge is -2.02. The summed E-state index contributed by atoms with van der Waals surface area (Å²) in [6.07, 6.45) is 6.45. The van der Waals surface area contributed by atoms with Gasteiger partial charge in [-0.15, -0.1) is 0 Å². The molecule has 1 aromatic heterocycles. The van der Waals surface area contributed by atoms with Gasteiger partial charge in [0.2, 0.25) is 5.95 Å². The van der Waals surface area contributed by atoms with Gasteiger partial charge in [-0.1, -0.05) is 28.1 Å². The number of rotatable bonds is 3. The lowest BCUT2D eigenvalue weighted by molar-refractivity contribution is 0.255. The lowest BCUT2D eigenvalue weighted by Crippen LogP contribution is -2.24. The summed E-state index contributed by atoms with van der Waals surface area (Å²) in [5.74, 6) is 0.239. The van der Waals surface area contributed by atoms with E-state index >= 15 is 0 Å². The largest absolute Gasteiger partial charge is 0.325 e. The van der Waals surface area contributed by atoms with Crippen LogP contribution < -0.4 is 10.6 Å². The van der Waals surface area contributed by atoms with Crippen molar-refractivity contribution >= 4 is 49.9 Å². The number of anilines is 1. The third-order valence-corrected chi connectivity index (χ3v) is 3.14. The van der Waals surface area contributed by atoms with Gasteiger partial charge in [-0.3, -0.25) is 5.32 Å². The first-order chi connectivity index (χ1) is 9.63. The van der Waals surface area contributed by atoms with Gasteiger partial charge in [-0.2, -0.15) is 0 Å². The van der Waals surface area contributed by atoms with Crippen molar-refractivity contribution in [3.63, 3.8) is 0 Å².